The fourth-order valence-corrected chi connectivity index (χ4v) is 2.39. The van der Waals surface area contributed by atoms with E-state index in [2.05, 4.69) is 12.2 Å². The Morgan fingerprint density at radius 1 is 1.47 bits per heavy atom. The molecule has 0 aromatic rings. The minimum atomic E-state index is -0.174. The lowest BCUT2D eigenvalue weighted by Crippen LogP contribution is -2.57. The molecule has 2 heterocycles. The van der Waals surface area contributed by atoms with Crippen molar-refractivity contribution in [2.75, 3.05) is 32.8 Å². The van der Waals surface area contributed by atoms with Crippen molar-refractivity contribution < 1.29 is 14.3 Å². The molecule has 2 aliphatic rings. The Bertz CT molecular complexity index is 266. The zero-order valence-electron chi connectivity index (χ0n) is 10.6. The van der Waals surface area contributed by atoms with E-state index < -0.39 is 0 Å². The van der Waals surface area contributed by atoms with Crippen LogP contribution in [0.2, 0.25) is 0 Å². The SMILES string of the molecule is CCC1CN(C(=O)C2COCCN2)CC(C)O1. The molecule has 1 N–H and O–H groups in total. The van der Waals surface area contributed by atoms with Gasteiger partial charge in [0.1, 0.15) is 6.04 Å². The largest absolute Gasteiger partial charge is 0.378 e. The fraction of sp³-hybridized carbons (Fsp3) is 0.917. The van der Waals surface area contributed by atoms with Crippen molar-refractivity contribution in [1.29, 1.82) is 0 Å². The summed E-state index contributed by atoms with van der Waals surface area (Å²) in [7, 11) is 0. The first-order valence-corrected chi connectivity index (χ1v) is 6.46. The second-order valence-corrected chi connectivity index (χ2v) is 4.80. The molecule has 17 heavy (non-hydrogen) atoms. The van der Waals surface area contributed by atoms with E-state index in [1.807, 2.05) is 11.8 Å². The average Bonchev–Trinajstić information content (AvgIpc) is 2.38. The van der Waals surface area contributed by atoms with Crippen molar-refractivity contribution in [3.63, 3.8) is 0 Å². The number of amides is 1. The lowest BCUT2D eigenvalue weighted by Gasteiger charge is -2.38. The first-order chi connectivity index (χ1) is 8.20. The maximum absolute atomic E-state index is 12.3. The summed E-state index contributed by atoms with van der Waals surface area (Å²) in [5.41, 5.74) is 0. The Labute approximate surface area is 102 Å². The summed E-state index contributed by atoms with van der Waals surface area (Å²) in [4.78, 5) is 14.2. The van der Waals surface area contributed by atoms with E-state index in [0.717, 1.165) is 13.0 Å². The molecule has 5 nitrogen and oxygen atoms in total. The van der Waals surface area contributed by atoms with Crippen LogP contribution in [0.4, 0.5) is 0 Å². The summed E-state index contributed by atoms with van der Waals surface area (Å²) >= 11 is 0. The highest BCUT2D eigenvalue weighted by molar-refractivity contribution is 5.82. The van der Waals surface area contributed by atoms with Gasteiger partial charge in [-0.05, 0) is 13.3 Å². The molecular formula is C12H22N2O3. The Kier molecular flexibility index (Phi) is 4.36. The van der Waals surface area contributed by atoms with E-state index in [1.54, 1.807) is 0 Å². The van der Waals surface area contributed by atoms with Crippen LogP contribution < -0.4 is 5.32 Å². The van der Waals surface area contributed by atoms with Crippen molar-refractivity contribution in [2.24, 2.45) is 0 Å². The molecule has 1 amide bonds. The molecular weight excluding hydrogens is 220 g/mol. The standard InChI is InChI=1S/C12H22N2O3/c1-3-10-7-14(6-9(2)17-10)12(15)11-8-16-5-4-13-11/h9-11,13H,3-8H2,1-2H3. The minimum Gasteiger partial charge on any atom is -0.378 e. The smallest absolute Gasteiger partial charge is 0.242 e. The number of hydrogen-bond acceptors (Lipinski definition) is 4. The Morgan fingerprint density at radius 2 is 2.29 bits per heavy atom. The topological polar surface area (TPSA) is 50.8 Å². The number of morpholine rings is 2. The van der Waals surface area contributed by atoms with Crippen molar-refractivity contribution in [1.82, 2.24) is 10.2 Å². The molecule has 0 saturated carbocycles. The zero-order valence-corrected chi connectivity index (χ0v) is 10.6. The van der Waals surface area contributed by atoms with E-state index in [9.17, 15) is 4.79 Å². The van der Waals surface area contributed by atoms with Crippen LogP contribution in [0.3, 0.4) is 0 Å². The number of nitrogens with one attached hydrogen (secondary N) is 1. The summed E-state index contributed by atoms with van der Waals surface area (Å²) in [6.45, 7) is 7.45. The number of nitrogens with zero attached hydrogens (tertiary/aromatic N) is 1. The number of rotatable bonds is 2. The molecule has 0 bridgehead atoms. The van der Waals surface area contributed by atoms with E-state index in [1.165, 1.54) is 0 Å². The lowest BCUT2D eigenvalue weighted by molar-refractivity contribution is -0.149. The molecule has 0 aromatic carbocycles. The van der Waals surface area contributed by atoms with Crippen molar-refractivity contribution in [3.8, 4) is 0 Å². The third-order valence-electron chi connectivity index (χ3n) is 3.31. The van der Waals surface area contributed by atoms with Crippen LogP contribution >= 0.6 is 0 Å². The average molecular weight is 242 g/mol. The summed E-state index contributed by atoms with van der Waals surface area (Å²) in [5.74, 6) is 0.151. The first kappa shape index (κ1) is 12.8. The van der Waals surface area contributed by atoms with Gasteiger partial charge in [-0.1, -0.05) is 6.92 Å². The molecule has 0 aliphatic carbocycles. The predicted octanol–water partition coefficient (Wildman–Crippen LogP) is 0.000700. The number of hydrogen-bond donors (Lipinski definition) is 1. The molecule has 2 fully saturated rings. The van der Waals surface area contributed by atoms with Gasteiger partial charge in [-0.15, -0.1) is 0 Å². The molecule has 5 heteroatoms. The van der Waals surface area contributed by atoms with Crippen molar-refractivity contribution >= 4 is 5.91 Å². The summed E-state index contributed by atoms with van der Waals surface area (Å²) in [6.07, 6.45) is 1.25. The number of carbonyl (C=O) groups is 1. The van der Waals surface area contributed by atoms with Crippen LogP contribution in [0.1, 0.15) is 20.3 Å². The Hall–Kier alpha value is -0.650. The van der Waals surface area contributed by atoms with Crippen LogP contribution in [0, 0.1) is 0 Å². The molecule has 0 spiro atoms. The van der Waals surface area contributed by atoms with Crippen LogP contribution in [0.5, 0.6) is 0 Å². The third-order valence-corrected chi connectivity index (χ3v) is 3.31. The molecule has 0 aromatic heterocycles. The third kappa shape index (κ3) is 3.18. The van der Waals surface area contributed by atoms with Crippen molar-refractivity contribution in [2.45, 2.75) is 38.5 Å². The second-order valence-electron chi connectivity index (χ2n) is 4.80. The highest BCUT2D eigenvalue weighted by Crippen LogP contribution is 2.15. The monoisotopic (exact) mass is 242 g/mol. The molecule has 98 valence electrons. The van der Waals surface area contributed by atoms with Gasteiger partial charge in [-0.25, -0.2) is 0 Å². The Morgan fingerprint density at radius 3 is 2.94 bits per heavy atom. The van der Waals surface area contributed by atoms with Crippen LogP contribution in [0.15, 0.2) is 0 Å². The van der Waals surface area contributed by atoms with E-state index in [4.69, 9.17) is 9.47 Å². The van der Waals surface area contributed by atoms with Gasteiger partial charge in [0.2, 0.25) is 5.91 Å². The van der Waals surface area contributed by atoms with Crippen LogP contribution in [-0.2, 0) is 14.3 Å². The van der Waals surface area contributed by atoms with Gasteiger partial charge in [0.15, 0.2) is 0 Å². The van der Waals surface area contributed by atoms with E-state index in [-0.39, 0.29) is 24.2 Å². The first-order valence-electron chi connectivity index (χ1n) is 6.46. The molecule has 2 rings (SSSR count). The van der Waals surface area contributed by atoms with Gasteiger partial charge in [-0.3, -0.25) is 4.79 Å². The van der Waals surface area contributed by atoms with Crippen molar-refractivity contribution in [3.05, 3.63) is 0 Å². The molecule has 0 radical (unpaired) electrons. The highest BCUT2D eigenvalue weighted by atomic mass is 16.5. The van der Waals surface area contributed by atoms with Gasteiger partial charge in [-0.2, -0.15) is 0 Å². The van der Waals surface area contributed by atoms with Crippen LogP contribution in [-0.4, -0.2) is 61.9 Å². The van der Waals surface area contributed by atoms with Gasteiger partial charge >= 0.3 is 0 Å². The second kappa shape index (κ2) is 5.80. The van der Waals surface area contributed by atoms with Gasteiger partial charge in [0, 0.05) is 19.6 Å². The van der Waals surface area contributed by atoms with E-state index >= 15 is 0 Å². The normalized spacial score (nSPS) is 34.7. The lowest BCUT2D eigenvalue weighted by atomic mass is 10.1. The number of ether oxygens (including phenoxy) is 2. The maximum Gasteiger partial charge on any atom is 0.242 e. The molecule has 2 aliphatic heterocycles. The highest BCUT2D eigenvalue weighted by Gasteiger charge is 2.32. The van der Waals surface area contributed by atoms with Gasteiger partial charge in [0.05, 0.1) is 25.4 Å². The quantitative estimate of drug-likeness (QED) is 0.740. The maximum atomic E-state index is 12.3. The summed E-state index contributed by atoms with van der Waals surface area (Å²) < 4.78 is 11.1. The Balaban J connectivity index is 1.93. The summed E-state index contributed by atoms with van der Waals surface area (Å²) in [6, 6.07) is -0.174. The van der Waals surface area contributed by atoms with E-state index in [0.29, 0.717) is 26.3 Å². The predicted molar refractivity (Wildman–Crippen MR) is 63.8 cm³/mol. The zero-order chi connectivity index (χ0) is 12.3. The minimum absolute atomic E-state index is 0.127. The molecule has 3 unspecified atom stereocenters. The van der Waals surface area contributed by atoms with Gasteiger partial charge in [0.25, 0.3) is 0 Å². The number of carbonyl (C=O) groups excluding carboxylic acids is 1. The summed E-state index contributed by atoms with van der Waals surface area (Å²) in [5, 5.41) is 3.21. The van der Waals surface area contributed by atoms with Gasteiger partial charge < -0.3 is 19.7 Å². The molecule has 2 saturated heterocycles. The van der Waals surface area contributed by atoms with Crippen LogP contribution in [0.25, 0.3) is 0 Å². The molecule has 3 atom stereocenters. The fourth-order valence-electron chi connectivity index (χ4n) is 2.39.